The first-order valence-electron chi connectivity index (χ1n) is 4.27. The maximum atomic E-state index is 13.1. The van der Waals surface area contributed by atoms with Gasteiger partial charge in [-0.05, 0) is 12.1 Å². The fourth-order valence-electron chi connectivity index (χ4n) is 1.15. The van der Waals surface area contributed by atoms with Crippen LogP contribution in [-0.4, -0.2) is 19.7 Å². The average Bonchev–Trinajstić information content (AvgIpc) is 2.28. The summed E-state index contributed by atoms with van der Waals surface area (Å²) < 4.78 is 45.6. The van der Waals surface area contributed by atoms with Gasteiger partial charge in [-0.3, -0.25) is 0 Å². The Bertz CT molecular complexity index is 482. The lowest BCUT2D eigenvalue weighted by molar-refractivity contribution is -0.0507. The number of rotatable bonds is 3. The molecule has 0 aliphatic rings. The maximum Gasteiger partial charge on any atom is 0.387 e. The third-order valence-corrected chi connectivity index (χ3v) is 1.83. The van der Waals surface area contributed by atoms with Gasteiger partial charge >= 0.3 is 12.6 Å². The minimum Gasteiger partial charge on any atom is -0.465 e. The van der Waals surface area contributed by atoms with E-state index in [-0.39, 0.29) is 0 Å². The molecule has 0 fully saturated rings. The van der Waals surface area contributed by atoms with Gasteiger partial charge in [-0.1, -0.05) is 0 Å². The van der Waals surface area contributed by atoms with Gasteiger partial charge < -0.3 is 9.47 Å². The van der Waals surface area contributed by atoms with E-state index >= 15 is 0 Å². The van der Waals surface area contributed by atoms with Gasteiger partial charge in [-0.25, -0.2) is 9.18 Å². The molecule has 0 aliphatic heterocycles. The van der Waals surface area contributed by atoms with Crippen molar-refractivity contribution in [3.05, 3.63) is 29.1 Å². The molecular formula is C10H6F3NO3. The van der Waals surface area contributed by atoms with Crippen LogP contribution in [0, 0.1) is 17.1 Å². The van der Waals surface area contributed by atoms with Crippen LogP contribution in [0.15, 0.2) is 12.1 Å². The van der Waals surface area contributed by atoms with Crippen LogP contribution in [0.2, 0.25) is 0 Å². The number of nitrogens with zero attached hydrogens (tertiary/aromatic N) is 1. The van der Waals surface area contributed by atoms with E-state index in [1.807, 2.05) is 0 Å². The summed E-state index contributed by atoms with van der Waals surface area (Å²) in [6, 6.07) is 3.04. The first-order chi connectivity index (χ1) is 8.01. The zero-order valence-corrected chi connectivity index (χ0v) is 8.54. The Morgan fingerprint density at radius 2 is 2.12 bits per heavy atom. The molecule has 17 heavy (non-hydrogen) atoms. The van der Waals surface area contributed by atoms with Gasteiger partial charge in [0.05, 0.1) is 7.11 Å². The van der Waals surface area contributed by atoms with E-state index < -0.39 is 35.3 Å². The molecule has 0 bridgehead atoms. The largest absolute Gasteiger partial charge is 0.465 e. The molecule has 7 heteroatoms. The highest BCUT2D eigenvalue weighted by atomic mass is 19.3. The number of ether oxygens (including phenoxy) is 2. The number of hydrogen-bond donors (Lipinski definition) is 0. The Balaban J connectivity index is 3.41. The predicted octanol–water partition coefficient (Wildman–Crippen LogP) is 2.09. The van der Waals surface area contributed by atoms with Crippen LogP contribution in [0.3, 0.4) is 0 Å². The van der Waals surface area contributed by atoms with E-state index in [1.54, 1.807) is 0 Å². The van der Waals surface area contributed by atoms with Crippen molar-refractivity contribution in [3.8, 4) is 11.8 Å². The molecule has 0 atom stereocenters. The molecule has 0 radical (unpaired) electrons. The SMILES string of the molecule is COC(=O)c1ccc(F)c(C#N)c1OC(F)F. The van der Waals surface area contributed by atoms with Crippen molar-refractivity contribution < 1.29 is 27.4 Å². The van der Waals surface area contributed by atoms with Gasteiger partial charge in [0, 0.05) is 0 Å². The van der Waals surface area contributed by atoms with Gasteiger partial charge in [-0.2, -0.15) is 14.0 Å². The molecule has 0 amide bonds. The summed E-state index contributed by atoms with van der Waals surface area (Å²) in [4.78, 5) is 11.2. The molecule has 4 nitrogen and oxygen atoms in total. The summed E-state index contributed by atoms with van der Waals surface area (Å²) in [7, 11) is 1.02. The molecule has 0 unspecified atom stereocenters. The van der Waals surface area contributed by atoms with Crippen molar-refractivity contribution in [2.75, 3.05) is 7.11 Å². The van der Waals surface area contributed by atoms with Gasteiger partial charge in [0.15, 0.2) is 5.75 Å². The van der Waals surface area contributed by atoms with Crippen molar-refractivity contribution in [1.29, 1.82) is 5.26 Å². The van der Waals surface area contributed by atoms with Crippen LogP contribution in [-0.2, 0) is 4.74 Å². The lowest BCUT2D eigenvalue weighted by Gasteiger charge is -2.11. The van der Waals surface area contributed by atoms with Gasteiger partial charge in [0.2, 0.25) is 0 Å². The zero-order chi connectivity index (χ0) is 13.0. The number of nitriles is 1. The Hall–Kier alpha value is -2.23. The molecular weight excluding hydrogens is 239 g/mol. The third-order valence-electron chi connectivity index (χ3n) is 1.83. The van der Waals surface area contributed by atoms with Crippen LogP contribution in [0.4, 0.5) is 13.2 Å². The molecule has 0 aromatic heterocycles. The second-order valence-corrected chi connectivity index (χ2v) is 2.78. The molecule has 0 N–H and O–H groups in total. The standard InChI is InChI=1S/C10H6F3NO3/c1-16-9(15)5-2-3-7(11)6(4-14)8(5)17-10(12)13/h2-3,10H,1H3. The van der Waals surface area contributed by atoms with Crippen LogP contribution in [0.1, 0.15) is 15.9 Å². The summed E-state index contributed by atoms with van der Waals surface area (Å²) in [6.07, 6.45) is 0. The number of methoxy groups -OCH3 is 1. The van der Waals surface area contributed by atoms with E-state index in [0.29, 0.717) is 0 Å². The topological polar surface area (TPSA) is 59.3 Å². The first-order valence-corrected chi connectivity index (χ1v) is 4.27. The molecule has 0 saturated carbocycles. The number of alkyl halides is 2. The van der Waals surface area contributed by atoms with Crippen molar-refractivity contribution in [3.63, 3.8) is 0 Å². The summed E-state index contributed by atoms with van der Waals surface area (Å²) in [6.45, 7) is -3.28. The number of hydrogen-bond acceptors (Lipinski definition) is 4. The highest BCUT2D eigenvalue weighted by molar-refractivity contribution is 5.93. The van der Waals surface area contributed by atoms with Gasteiger partial charge in [-0.15, -0.1) is 0 Å². The zero-order valence-electron chi connectivity index (χ0n) is 8.54. The fraction of sp³-hybridized carbons (Fsp3) is 0.200. The first kappa shape index (κ1) is 12.8. The van der Waals surface area contributed by atoms with Crippen molar-refractivity contribution in [2.45, 2.75) is 6.61 Å². The minimum absolute atomic E-state index is 0.439. The molecule has 0 heterocycles. The van der Waals surface area contributed by atoms with Crippen LogP contribution >= 0.6 is 0 Å². The lowest BCUT2D eigenvalue weighted by atomic mass is 10.1. The summed E-state index contributed by atoms with van der Waals surface area (Å²) in [5, 5.41) is 8.62. The highest BCUT2D eigenvalue weighted by Crippen LogP contribution is 2.28. The van der Waals surface area contributed by atoms with Crippen molar-refractivity contribution in [1.82, 2.24) is 0 Å². The third kappa shape index (κ3) is 2.66. The molecule has 0 spiro atoms. The normalized spacial score (nSPS) is 9.88. The van der Waals surface area contributed by atoms with E-state index in [4.69, 9.17) is 5.26 Å². The van der Waals surface area contributed by atoms with Crippen LogP contribution in [0.5, 0.6) is 5.75 Å². The number of carbonyl (C=O) groups excluding carboxylic acids is 1. The van der Waals surface area contributed by atoms with Crippen LogP contribution in [0.25, 0.3) is 0 Å². The summed E-state index contributed by atoms with van der Waals surface area (Å²) >= 11 is 0. The minimum atomic E-state index is -3.28. The molecule has 1 aromatic rings. The number of halogens is 3. The van der Waals surface area contributed by atoms with Crippen molar-refractivity contribution in [2.24, 2.45) is 0 Å². The maximum absolute atomic E-state index is 13.1. The van der Waals surface area contributed by atoms with Gasteiger partial charge in [0.25, 0.3) is 0 Å². The smallest absolute Gasteiger partial charge is 0.387 e. The summed E-state index contributed by atoms with van der Waals surface area (Å²) in [5.74, 6) is -2.89. The fourth-order valence-corrected chi connectivity index (χ4v) is 1.15. The van der Waals surface area contributed by atoms with Crippen LogP contribution < -0.4 is 4.74 Å². The number of esters is 1. The lowest BCUT2D eigenvalue weighted by Crippen LogP contribution is -2.11. The molecule has 1 rings (SSSR count). The highest BCUT2D eigenvalue weighted by Gasteiger charge is 2.23. The molecule has 1 aromatic carbocycles. The van der Waals surface area contributed by atoms with Crippen molar-refractivity contribution >= 4 is 5.97 Å². The monoisotopic (exact) mass is 245 g/mol. The second kappa shape index (κ2) is 5.21. The number of carbonyl (C=O) groups is 1. The van der Waals surface area contributed by atoms with E-state index in [0.717, 1.165) is 19.2 Å². The quantitative estimate of drug-likeness (QED) is 0.765. The number of benzene rings is 1. The Morgan fingerprint density at radius 3 is 2.59 bits per heavy atom. The molecule has 0 saturated heterocycles. The average molecular weight is 245 g/mol. The second-order valence-electron chi connectivity index (χ2n) is 2.78. The Morgan fingerprint density at radius 1 is 1.47 bits per heavy atom. The van der Waals surface area contributed by atoms with E-state index in [9.17, 15) is 18.0 Å². The molecule has 0 aliphatic carbocycles. The summed E-state index contributed by atoms with van der Waals surface area (Å²) in [5.41, 5.74) is -1.21. The van der Waals surface area contributed by atoms with Gasteiger partial charge in [0.1, 0.15) is 23.0 Å². The Kier molecular flexibility index (Phi) is 3.93. The van der Waals surface area contributed by atoms with E-state index in [2.05, 4.69) is 9.47 Å². The Labute approximate surface area is 94.2 Å². The molecule has 90 valence electrons. The van der Waals surface area contributed by atoms with E-state index in [1.165, 1.54) is 6.07 Å². The predicted molar refractivity (Wildman–Crippen MR) is 49.1 cm³/mol.